The van der Waals surface area contributed by atoms with Crippen LogP contribution < -0.4 is 5.46 Å². The van der Waals surface area contributed by atoms with Crippen molar-refractivity contribution in [3.05, 3.63) is 116 Å². The molecule has 2 N–H and O–H groups in total. The molecule has 3 heterocycles. The zero-order valence-corrected chi connectivity index (χ0v) is 19.7. The molecule has 0 amide bonds. The highest BCUT2D eigenvalue weighted by molar-refractivity contribution is 6.58. The summed E-state index contributed by atoms with van der Waals surface area (Å²) in [5.74, 6) is 0.481. The smallest absolute Gasteiger partial charge is 0.423 e. The Morgan fingerprint density at radius 2 is 1.35 bits per heavy atom. The van der Waals surface area contributed by atoms with Gasteiger partial charge in [-0.1, -0.05) is 72.8 Å². The summed E-state index contributed by atoms with van der Waals surface area (Å²) in [7, 11) is -1.58. The van der Waals surface area contributed by atoms with Gasteiger partial charge in [0.2, 0.25) is 0 Å². The summed E-state index contributed by atoms with van der Waals surface area (Å²) in [5.41, 5.74) is 6.40. The van der Waals surface area contributed by atoms with Crippen LogP contribution in [0, 0.1) is 0 Å². The van der Waals surface area contributed by atoms with E-state index in [1.54, 1.807) is 24.4 Å². The van der Waals surface area contributed by atoms with Crippen molar-refractivity contribution in [3.8, 4) is 45.0 Å². The van der Waals surface area contributed by atoms with Crippen LogP contribution in [-0.4, -0.2) is 37.1 Å². The molecular formula is C30H21BN4O2. The van der Waals surface area contributed by atoms with E-state index in [4.69, 9.17) is 9.97 Å². The van der Waals surface area contributed by atoms with Gasteiger partial charge in [0.15, 0.2) is 5.82 Å². The quantitative estimate of drug-likeness (QED) is 0.346. The molecule has 0 aliphatic carbocycles. The van der Waals surface area contributed by atoms with Crippen molar-refractivity contribution in [1.82, 2.24) is 19.9 Å². The van der Waals surface area contributed by atoms with Gasteiger partial charge < -0.3 is 10.0 Å². The summed E-state index contributed by atoms with van der Waals surface area (Å²) in [6.45, 7) is 0. The molecule has 0 atom stereocenters. The third kappa shape index (κ3) is 4.61. The first-order chi connectivity index (χ1) is 18.2. The average Bonchev–Trinajstić information content (AvgIpc) is 2.97. The SMILES string of the molecule is OB(O)c1cccc(-c2nc(-c3cccc(-c4cccnc4)c3)cc(-c3cncc4ccccc34)n2)c1. The van der Waals surface area contributed by atoms with Gasteiger partial charge in [-0.15, -0.1) is 0 Å². The Hall–Kier alpha value is -4.72. The number of rotatable bonds is 5. The molecule has 3 aromatic heterocycles. The van der Waals surface area contributed by atoms with E-state index in [2.05, 4.69) is 22.1 Å². The second-order valence-electron chi connectivity index (χ2n) is 8.69. The molecule has 3 aromatic carbocycles. The van der Waals surface area contributed by atoms with E-state index in [1.165, 1.54) is 0 Å². The van der Waals surface area contributed by atoms with Crippen LogP contribution in [0.25, 0.3) is 55.8 Å². The first-order valence-corrected chi connectivity index (χ1v) is 11.9. The second kappa shape index (κ2) is 9.74. The van der Waals surface area contributed by atoms with E-state index in [0.29, 0.717) is 16.9 Å². The Morgan fingerprint density at radius 1 is 0.568 bits per heavy atom. The Kier molecular flexibility index (Phi) is 5.98. The van der Waals surface area contributed by atoms with E-state index >= 15 is 0 Å². The number of pyridine rings is 2. The summed E-state index contributed by atoms with van der Waals surface area (Å²) >= 11 is 0. The van der Waals surface area contributed by atoms with Crippen LogP contribution >= 0.6 is 0 Å². The lowest BCUT2D eigenvalue weighted by Crippen LogP contribution is -2.29. The molecule has 0 bridgehead atoms. The predicted octanol–water partition coefficient (Wildman–Crippen LogP) is 4.77. The third-order valence-corrected chi connectivity index (χ3v) is 6.27. The highest BCUT2D eigenvalue weighted by Gasteiger charge is 2.16. The van der Waals surface area contributed by atoms with Gasteiger partial charge >= 0.3 is 7.12 Å². The van der Waals surface area contributed by atoms with Crippen molar-refractivity contribution in [3.63, 3.8) is 0 Å². The molecule has 0 fully saturated rings. The lowest BCUT2D eigenvalue weighted by atomic mass is 9.79. The molecule has 6 rings (SSSR count). The standard InChI is InChI=1S/C30H21BN4O2/c36-31(37)25-11-4-9-22(15-25)30-34-28(21-8-3-7-20(14-21)23-10-5-13-32-17-23)16-29(35-30)27-19-33-18-24-6-1-2-12-26(24)27/h1-19,36-37H. The minimum Gasteiger partial charge on any atom is -0.423 e. The van der Waals surface area contributed by atoms with Crippen LogP contribution in [-0.2, 0) is 0 Å². The van der Waals surface area contributed by atoms with Gasteiger partial charge in [-0.3, -0.25) is 9.97 Å². The van der Waals surface area contributed by atoms with Gasteiger partial charge in [-0.25, -0.2) is 9.97 Å². The number of benzene rings is 3. The predicted molar refractivity (Wildman–Crippen MR) is 147 cm³/mol. The molecule has 0 saturated carbocycles. The monoisotopic (exact) mass is 480 g/mol. The van der Waals surface area contributed by atoms with Gasteiger partial charge in [-0.2, -0.15) is 0 Å². The molecule has 176 valence electrons. The van der Waals surface area contributed by atoms with E-state index in [0.717, 1.165) is 44.4 Å². The van der Waals surface area contributed by atoms with Crippen LogP contribution in [0.2, 0.25) is 0 Å². The molecule has 0 aliphatic rings. The highest BCUT2D eigenvalue weighted by atomic mass is 16.4. The van der Waals surface area contributed by atoms with Crippen molar-refractivity contribution >= 4 is 23.4 Å². The minimum absolute atomic E-state index is 0.374. The fourth-order valence-electron chi connectivity index (χ4n) is 4.41. The van der Waals surface area contributed by atoms with E-state index < -0.39 is 7.12 Å². The lowest BCUT2D eigenvalue weighted by molar-refractivity contribution is 0.426. The largest absolute Gasteiger partial charge is 0.488 e. The second-order valence-corrected chi connectivity index (χ2v) is 8.69. The maximum atomic E-state index is 9.72. The number of fused-ring (bicyclic) bond motifs is 1. The molecule has 0 saturated heterocycles. The fraction of sp³-hybridized carbons (Fsp3) is 0. The molecule has 0 spiro atoms. The molecule has 0 unspecified atom stereocenters. The summed E-state index contributed by atoms with van der Waals surface area (Å²) in [6, 6.07) is 29.1. The fourth-order valence-corrected chi connectivity index (χ4v) is 4.41. The van der Waals surface area contributed by atoms with Crippen molar-refractivity contribution in [2.75, 3.05) is 0 Å². The maximum Gasteiger partial charge on any atom is 0.488 e. The van der Waals surface area contributed by atoms with Crippen LogP contribution in [0.1, 0.15) is 0 Å². The van der Waals surface area contributed by atoms with Crippen molar-refractivity contribution < 1.29 is 10.0 Å². The Balaban J connectivity index is 1.57. The highest BCUT2D eigenvalue weighted by Crippen LogP contribution is 2.32. The van der Waals surface area contributed by atoms with Crippen molar-refractivity contribution in [1.29, 1.82) is 0 Å². The Bertz CT molecular complexity index is 1720. The first-order valence-electron chi connectivity index (χ1n) is 11.9. The van der Waals surface area contributed by atoms with Crippen molar-refractivity contribution in [2.24, 2.45) is 0 Å². The summed E-state index contributed by atoms with van der Waals surface area (Å²) in [6.07, 6.45) is 7.25. The molecule has 6 nitrogen and oxygen atoms in total. The molecule has 6 aromatic rings. The summed E-state index contributed by atoms with van der Waals surface area (Å²) in [5, 5.41) is 21.5. The van der Waals surface area contributed by atoms with Gasteiger partial charge in [0.1, 0.15) is 0 Å². The van der Waals surface area contributed by atoms with Crippen LogP contribution in [0.5, 0.6) is 0 Å². The minimum atomic E-state index is -1.58. The van der Waals surface area contributed by atoms with E-state index in [-0.39, 0.29) is 0 Å². The van der Waals surface area contributed by atoms with Gasteiger partial charge in [0, 0.05) is 52.4 Å². The zero-order valence-electron chi connectivity index (χ0n) is 19.7. The summed E-state index contributed by atoms with van der Waals surface area (Å²) < 4.78 is 0. The van der Waals surface area contributed by atoms with Gasteiger partial charge in [0.05, 0.1) is 11.4 Å². The van der Waals surface area contributed by atoms with Crippen LogP contribution in [0.4, 0.5) is 0 Å². The van der Waals surface area contributed by atoms with E-state index in [1.807, 2.05) is 79.3 Å². The number of hydrogen-bond donors (Lipinski definition) is 2. The van der Waals surface area contributed by atoms with Crippen molar-refractivity contribution in [2.45, 2.75) is 0 Å². The third-order valence-electron chi connectivity index (χ3n) is 6.27. The number of nitrogens with zero attached hydrogens (tertiary/aromatic N) is 4. The Labute approximate surface area is 214 Å². The normalized spacial score (nSPS) is 11.0. The molecule has 0 aliphatic heterocycles. The maximum absolute atomic E-state index is 9.72. The average molecular weight is 480 g/mol. The van der Waals surface area contributed by atoms with E-state index in [9.17, 15) is 10.0 Å². The topological polar surface area (TPSA) is 92.0 Å². The first kappa shape index (κ1) is 22.7. The summed E-state index contributed by atoms with van der Waals surface area (Å²) in [4.78, 5) is 18.5. The molecule has 7 heteroatoms. The molecular weight excluding hydrogens is 459 g/mol. The molecule has 37 heavy (non-hydrogen) atoms. The Morgan fingerprint density at radius 3 is 2.22 bits per heavy atom. The van der Waals surface area contributed by atoms with Crippen LogP contribution in [0.15, 0.2) is 116 Å². The van der Waals surface area contributed by atoms with Gasteiger partial charge in [-0.05, 0) is 34.6 Å². The lowest BCUT2D eigenvalue weighted by Gasteiger charge is -2.12. The zero-order chi connectivity index (χ0) is 25.2. The molecule has 0 radical (unpaired) electrons. The van der Waals surface area contributed by atoms with Gasteiger partial charge in [0.25, 0.3) is 0 Å². The number of aromatic nitrogens is 4. The van der Waals surface area contributed by atoms with Crippen LogP contribution in [0.3, 0.4) is 0 Å². The number of hydrogen-bond acceptors (Lipinski definition) is 6.